The highest BCUT2D eigenvalue weighted by Gasteiger charge is 2.68. The lowest BCUT2D eigenvalue weighted by Gasteiger charge is -2.64. The van der Waals surface area contributed by atoms with Crippen LogP contribution in [-0.2, 0) is 14.3 Å². The fourth-order valence-electron chi connectivity index (χ4n) is 10.1. The molecule has 1 unspecified atom stereocenters. The maximum absolute atomic E-state index is 12.4. The second-order valence-corrected chi connectivity index (χ2v) is 13.9. The Labute approximate surface area is 230 Å². The SMILES string of the molecule is C[C@]12CC[C@H](O[C@@H]3O[C@H](CO)[C@@H](O)[C@H](O)[C@H]3N)C[C@H]1CC[C@@H]1[C@@H]2CC[C@]2(C)[C@@H]([C@H](CO)CC(=O)O)CCC12O. The number of carboxylic acids is 1. The van der Waals surface area contributed by atoms with Crippen LogP contribution in [0.4, 0.5) is 0 Å². The van der Waals surface area contributed by atoms with Gasteiger partial charge in [-0.3, -0.25) is 4.79 Å². The molecule has 0 bridgehead atoms. The molecule has 1 aliphatic heterocycles. The maximum atomic E-state index is 12.4. The van der Waals surface area contributed by atoms with Crippen molar-refractivity contribution in [2.75, 3.05) is 13.2 Å². The van der Waals surface area contributed by atoms with E-state index in [2.05, 4.69) is 13.8 Å². The number of nitrogens with two attached hydrogens (primary N) is 1. The van der Waals surface area contributed by atoms with E-state index in [0.29, 0.717) is 18.3 Å². The highest BCUT2D eigenvalue weighted by atomic mass is 16.7. The molecule has 10 heteroatoms. The average molecular weight is 556 g/mol. The number of aliphatic carboxylic acids is 1. The number of fused-ring (bicyclic) bond motifs is 5. The van der Waals surface area contributed by atoms with E-state index in [9.17, 15) is 35.4 Å². The Bertz CT molecular complexity index is 904. The van der Waals surface area contributed by atoms with Gasteiger partial charge in [0.15, 0.2) is 6.29 Å². The number of hydrogen-bond donors (Lipinski definition) is 7. The lowest BCUT2D eigenvalue weighted by molar-refractivity contribution is -0.286. The molecule has 8 N–H and O–H groups in total. The average Bonchev–Trinajstić information content (AvgIpc) is 3.18. The molecule has 4 saturated carbocycles. The van der Waals surface area contributed by atoms with Crippen LogP contribution in [-0.4, -0.2) is 92.2 Å². The standard InChI is InChI=1S/C29H49NO9/c1-27-8-5-17(38-26-23(30)25(36)24(35)21(14-32)39-26)12-16(27)3-4-20-19(27)6-9-28(2)18(7-10-29(20,28)37)15(13-31)11-22(33)34/h15-21,23-26,31-32,35-37H,3-14,30H2,1-2H3,(H,33,34)/t15-,16+,17-,18+,19-,20+,21+,23+,24+,25+,26+,27-,28+,29?/m0/s1. The Morgan fingerprint density at radius 3 is 2.44 bits per heavy atom. The predicted molar refractivity (Wildman–Crippen MR) is 140 cm³/mol. The van der Waals surface area contributed by atoms with Crippen molar-refractivity contribution in [3.63, 3.8) is 0 Å². The molecule has 5 fully saturated rings. The minimum atomic E-state index is -1.26. The van der Waals surface area contributed by atoms with Gasteiger partial charge < -0.3 is 45.8 Å². The monoisotopic (exact) mass is 555 g/mol. The largest absolute Gasteiger partial charge is 0.481 e. The second-order valence-electron chi connectivity index (χ2n) is 13.9. The predicted octanol–water partition coefficient (Wildman–Crippen LogP) is 0.995. The normalized spacial score (nSPS) is 52.4. The second kappa shape index (κ2) is 10.8. The Morgan fingerprint density at radius 2 is 1.77 bits per heavy atom. The molecule has 0 aromatic heterocycles. The Kier molecular flexibility index (Phi) is 8.18. The summed E-state index contributed by atoms with van der Waals surface area (Å²) in [6.07, 6.45) is 3.18. The third-order valence-corrected chi connectivity index (χ3v) is 12.4. The number of rotatable bonds is 7. The summed E-state index contributed by atoms with van der Waals surface area (Å²) in [6.45, 7) is 3.91. The van der Waals surface area contributed by atoms with E-state index in [1.165, 1.54) is 0 Å². The Hall–Kier alpha value is -0.850. The van der Waals surface area contributed by atoms with Crippen LogP contribution in [0.1, 0.15) is 78.1 Å². The zero-order valence-corrected chi connectivity index (χ0v) is 23.3. The molecular weight excluding hydrogens is 506 g/mol. The van der Waals surface area contributed by atoms with Crippen molar-refractivity contribution in [3.8, 4) is 0 Å². The summed E-state index contributed by atoms with van der Waals surface area (Å²) in [4.78, 5) is 11.5. The molecule has 1 heterocycles. The highest BCUT2D eigenvalue weighted by molar-refractivity contribution is 5.67. The van der Waals surface area contributed by atoms with E-state index in [0.717, 1.165) is 51.4 Å². The van der Waals surface area contributed by atoms with Gasteiger partial charge in [0.05, 0.1) is 30.8 Å². The van der Waals surface area contributed by atoms with Crippen LogP contribution in [0.5, 0.6) is 0 Å². The molecule has 39 heavy (non-hydrogen) atoms. The van der Waals surface area contributed by atoms with Gasteiger partial charge in [-0.15, -0.1) is 0 Å². The highest BCUT2D eigenvalue weighted by Crippen LogP contribution is 2.70. The molecular formula is C29H49NO9. The Balaban J connectivity index is 1.28. The van der Waals surface area contributed by atoms with Gasteiger partial charge >= 0.3 is 5.97 Å². The summed E-state index contributed by atoms with van der Waals surface area (Å²) < 4.78 is 12.0. The van der Waals surface area contributed by atoms with Crippen molar-refractivity contribution in [1.29, 1.82) is 0 Å². The fraction of sp³-hybridized carbons (Fsp3) is 0.966. The topological polar surface area (TPSA) is 183 Å². The van der Waals surface area contributed by atoms with Crippen LogP contribution in [0, 0.1) is 40.4 Å². The first-order valence-corrected chi connectivity index (χ1v) is 15.0. The number of aliphatic hydroxyl groups excluding tert-OH is 4. The van der Waals surface area contributed by atoms with Crippen LogP contribution in [0.25, 0.3) is 0 Å². The molecule has 0 amide bonds. The summed E-state index contributed by atoms with van der Waals surface area (Å²) in [5, 5.41) is 61.8. The van der Waals surface area contributed by atoms with Crippen LogP contribution in [0.3, 0.4) is 0 Å². The zero-order valence-electron chi connectivity index (χ0n) is 23.3. The van der Waals surface area contributed by atoms with Crippen molar-refractivity contribution < 1.29 is 44.9 Å². The molecule has 0 aromatic carbocycles. The molecule has 5 rings (SSSR count). The van der Waals surface area contributed by atoms with Crippen molar-refractivity contribution >= 4 is 5.97 Å². The number of ether oxygens (including phenoxy) is 2. The summed E-state index contributed by atoms with van der Waals surface area (Å²) in [7, 11) is 0. The number of aliphatic hydroxyl groups is 5. The van der Waals surface area contributed by atoms with Crippen LogP contribution >= 0.6 is 0 Å². The molecule has 0 spiro atoms. The van der Waals surface area contributed by atoms with Crippen LogP contribution < -0.4 is 5.73 Å². The van der Waals surface area contributed by atoms with Crippen LogP contribution in [0.2, 0.25) is 0 Å². The first-order valence-electron chi connectivity index (χ1n) is 15.0. The molecule has 1 saturated heterocycles. The van der Waals surface area contributed by atoms with E-state index in [4.69, 9.17) is 15.2 Å². The number of carboxylic acid groups (broad SMARTS) is 1. The summed E-state index contributed by atoms with van der Waals surface area (Å²) >= 11 is 0. The van der Waals surface area contributed by atoms with Crippen molar-refractivity contribution in [2.45, 2.75) is 120 Å². The van der Waals surface area contributed by atoms with Gasteiger partial charge in [-0.05, 0) is 98.2 Å². The number of carbonyl (C=O) groups is 1. The first-order chi connectivity index (χ1) is 18.4. The molecule has 10 nitrogen and oxygen atoms in total. The van der Waals surface area contributed by atoms with Gasteiger partial charge in [0.2, 0.25) is 0 Å². The van der Waals surface area contributed by atoms with E-state index >= 15 is 0 Å². The maximum Gasteiger partial charge on any atom is 0.303 e. The fourth-order valence-corrected chi connectivity index (χ4v) is 10.1. The lowest BCUT2D eigenvalue weighted by atomic mass is 9.43. The smallest absolute Gasteiger partial charge is 0.303 e. The first kappa shape index (κ1) is 29.6. The van der Waals surface area contributed by atoms with Crippen molar-refractivity contribution in [1.82, 2.24) is 0 Å². The minimum absolute atomic E-state index is 0.00414. The molecule has 4 aliphatic carbocycles. The molecule has 0 aromatic rings. The van der Waals surface area contributed by atoms with E-state index in [1.807, 2.05) is 0 Å². The van der Waals surface area contributed by atoms with Gasteiger partial charge in [-0.25, -0.2) is 0 Å². The minimum Gasteiger partial charge on any atom is -0.481 e. The lowest BCUT2D eigenvalue weighted by Crippen LogP contribution is -2.64. The third kappa shape index (κ3) is 4.67. The summed E-state index contributed by atoms with van der Waals surface area (Å²) in [5.41, 5.74) is 4.92. The van der Waals surface area contributed by atoms with Crippen molar-refractivity contribution in [3.05, 3.63) is 0 Å². The van der Waals surface area contributed by atoms with E-state index in [1.54, 1.807) is 0 Å². The third-order valence-electron chi connectivity index (χ3n) is 12.4. The quantitative estimate of drug-likeness (QED) is 0.224. The molecule has 0 radical (unpaired) electrons. The van der Waals surface area contributed by atoms with Crippen molar-refractivity contribution in [2.24, 2.45) is 46.2 Å². The van der Waals surface area contributed by atoms with Gasteiger partial charge in [-0.1, -0.05) is 13.8 Å². The molecule has 224 valence electrons. The molecule has 14 atom stereocenters. The van der Waals surface area contributed by atoms with Gasteiger partial charge in [0, 0.05) is 6.61 Å². The molecule has 5 aliphatic rings. The Morgan fingerprint density at radius 1 is 1.03 bits per heavy atom. The van der Waals surface area contributed by atoms with E-state index < -0.39 is 54.2 Å². The van der Waals surface area contributed by atoms with Crippen LogP contribution in [0.15, 0.2) is 0 Å². The summed E-state index contributed by atoms with van der Waals surface area (Å²) in [6, 6.07) is -0.906. The number of hydrogen-bond acceptors (Lipinski definition) is 9. The zero-order chi connectivity index (χ0) is 28.3. The van der Waals surface area contributed by atoms with Gasteiger partial charge in [0.25, 0.3) is 0 Å². The van der Waals surface area contributed by atoms with Gasteiger partial charge in [0.1, 0.15) is 18.3 Å². The summed E-state index contributed by atoms with van der Waals surface area (Å²) in [5.74, 6) is -0.313. The van der Waals surface area contributed by atoms with Gasteiger partial charge in [-0.2, -0.15) is 0 Å². The van der Waals surface area contributed by atoms with E-state index in [-0.39, 0.29) is 42.3 Å².